The smallest absolute Gasteiger partial charge is 0.288 e. The molecular formula is C19H27NO4S. The topological polar surface area (TPSA) is 59.0 Å². The number of carbonyl (C=O) groups excluding carboxylic acids is 1. The highest BCUT2D eigenvalue weighted by molar-refractivity contribution is 7.08. The van der Waals surface area contributed by atoms with Crippen molar-refractivity contribution >= 4 is 17.2 Å². The summed E-state index contributed by atoms with van der Waals surface area (Å²) in [5.41, 5.74) is 1.19. The van der Waals surface area contributed by atoms with Crippen LogP contribution in [0, 0.1) is 5.92 Å². The number of ether oxygens (including phenoxy) is 2. The van der Waals surface area contributed by atoms with E-state index in [2.05, 4.69) is 16.8 Å². The van der Waals surface area contributed by atoms with Gasteiger partial charge in [0.2, 0.25) is 6.29 Å². The fourth-order valence-corrected chi connectivity index (χ4v) is 4.39. The highest BCUT2D eigenvalue weighted by Gasteiger charge is 2.39. The number of hydrogen-bond acceptors (Lipinski definition) is 5. The van der Waals surface area contributed by atoms with Crippen LogP contribution < -0.4 is 0 Å². The second kappa shape index (κ2) is 8.83. The van der Waals surface area contributed by atoms with Crippen LogP contribution >= 0.6 is 11.3 Å². The molecule has 3 rings (SSSR count). The summed E-state index contributed by atoms with van der Waals surface area (Å²) >= 11 is 1.65. The van der Waals surface area contributed by atoms with E-state index in [0.29, 0.717) is 18.8 Å². The van der Waals surface area contributed by atoms with Gasteiger partial charge in [-0.1, -0.05) is 0 Å². The number of allylic oxidation sites excluding steroid dienone is 1. The van der Waals surface area contributed by atoms with Crippen LogP contribution in [-0.2, 0) is 14.3 Å². The molecule has 0 radical (unpaired) electrons. The SMILES string of the molecule is CCO[C@@H]1OC(C(=O)N2CCCC2)=C[C@H](c2ccsc2)[C@@H]1CCCO. The Morgan fingerprint density at radius 1 is 1.44 bits per heavy atom. The second-order valence-corrected chi connectivity index (χ2v) is 7.36. The van der Waals surface area contributed by atoms with Gasteiger partial charge in [-0.05, 0) is 61.1 Å². The monoisotopic (exact) mass is 365 g/mol. The minimum atomic E-state index is -0.451. The number of aliphatic hydroxyl groups is 1. The summed E-state index contributed by atoms with van der Waals surface area (Å²) in [7, 11) is 0. The highest BCUT2D eigenvalue weighted by Crippen LogP contribution is 2.40. The Kier molecular flexibility index (Phi) is 6.51. The molecule has 0 aromatic carbocycles. The fourth-order valence-electron chi connectivity index (χ4n) is 3.68. The molecule has 0 bridgehead atoms. The molecular weight excluding hydrogens is 338 g/mol. The van der Waals surface area contributed by atoms with Crippen molar-refractivity contribution in [2.75, 3.05) is 26.3 Å². The van der Waals surface area contributed by atoms with Crippen molar-refractivity contribution in [2.45, 2.75) is 44.8 Å². The van der Waals surface area contributed by atoms with E-state index in [4.69, 9.17) is 9.47 Å². The van der Waals surface area contributed by atoms with Gasteiger partial charge in [-0.3, -0.25) is 4.79 Å². The number of rotatable bonds is 7. The molecule has 1 fully saturated rings. The zero-order valence-electron chi connectivity index (χ0n) is 14.7. The number of hydrogen-bond donors (Lipinski definition) is 1. The average Bonchev–Trinajstić information content (AvgIpc) is 3.33. The molecule has 1 N–H and O–H groups in total. The second-order valence-electron chi connectivity index (χ2n) is 6.58. The number of carbonyl (C=O) groups is 1. The Labute approximate surface area is 153 Å². The summed E-state index contributed by atoms with van der Waals surface area (Å²) in [6, 6.07) is 2.10. The summed E-state index contributed by atoms with van der Waals surface area (Å²) in [4.78, 5) is 14.7. The van der Waals surface area contributed by atoms with E-state index in [1.54, 1.807) is 11.3 Å². The molecule has 1 amide bonds. The van der Waals surface area contributed by atoms with Crippen molar-refractivity contribution in [1.29, 1.82) is 0 Å². The highest BCUT2D eigenvalue weighted by atomic mass is 32.1. The minimum absolute atomic E-state index is 0.0250. The molecule has 5 nitrogen and oxygen atoms in total. The van der Waals surface area contributed by atoms with Crippen molar-refractivity contribution in [3.63, 3.8) is 0 Å². The third-order valence-electron chi connectivity index (χ3n) is 4.94. The van der Waals surface area contributed by atoms with E-state index in [-0.39, 0.29) is 24.3 Å². The van der Waals surface area contributed by atoms with Gasteiger partial charge in [0.15, 0.2) is 5.76 Å². The average molecular weight is 365 g/mol. The molecule has 0 spiro atoms. The molecule has 3 atom stereocenters. The lowest BCUT2D eigenvalue weighted by Crippen LogP contribution is -2.39. The summed E-state index contributed by atoms with van der Waals surface area (Å²) in [6.45, 7) is 4.22. The maximum atomic E-state index is 12.8. The largest absolute Gasteiger partial charge is 0.459 e. The number of nitrogens with zero attached hydrogens (tertiary/aromatic N) is 1. The van der Waals surface area contributed by atoms with Crippen LogP contribution in [0.25, 0.3) is 0 Å². The van der Waals surface area contributed by atoms with Gasteiger partial charge in [0, 0.05) is 38.1 Å². The van der Waals surface area contributed by atoms with Crippen LogP contribution in [0.1, 0.15) is 44.1 Å². The predicted octanol–water partition coefficient (Wildman–Crippen LogP) is 3.12. The maximum absolute atomic E-state index is 12.8. The van der Waals surface area contributed by atoms with Gasteiger partial charge in [0.05, 0.1) is 0 Å². The summed E-state index contributed by atoms with van der Waals surface area (Å²) < 4.78 is 11.9. The van der Waals surface area contributed by atoms with E-state index in [0.717, 1.165) is 32.4 Å². The van der Waals surface area contributed by atoms with E-state index in [1.165, 1.54) is 5.56 Å². The number of thiophene rings is 1. The molecule has 138 valence electrons. The zero-order valence-corrected chi connectivity index (χ0v) is 15.5. The summed E-state index contributed by atoms with van der Waals surface area (Å²) in [5, 5.41) is 13.4. The molecule has 25 heavy (non-hydrogen) atoms. The first-order valence-corrected chi connectivity index (χ1v) is 10.1. The Morgan fingerprint density at radius 3 is 2.88 bits per heavy atom. The molecule has 1 aromatic heterocycles. The molecule has 0 unspecified atom stereocenters. The van der Waals surface area contributed by atoms with Gasteiger partial charge in [0.1, 0.15) is 0 Å². The molecule has 6 heteroatoms. The third kappa shape index (κ3) is 4.25. The lowest BCUT2D eigenvalue weighted by atomic mass is 9.81. The van der Waals surface area contributed by atoms with Crippen molar-refractivity contribution in [1.82, 2.24) is 4.90 Å². The van der Waals surface area contributed by atoms with Crippen molar-refractivity contribution in [3.8, 4) is 0 Å². The molecule has 1 saturated heterocycles. The van der Waals surface area contributed by atoms with Crippen LogP contribution in [0.5, 0.6) is 0 Å². The molecule has 2 aliphatic rings. The van der Waals surface area contributed by atoms with Gasteiger partial charge in [-0.2, -0.15) is 11.3 Å². The van der Waals surface area contributed by atoms with E-state index < -0.39 is 6.29 Å². The minimum Gasteiger partial charge on any atom is -0.459 e. The zero-order chi connectivity index (χ0) is 17.6. The fraction of sp³-hybridized carbons (Fsp3) is 0.632. The van der Waals surface area contributed by atoms with Gasteiger partial charge in [0.25, 0.3) is 5.91 Å². The predicted molar refractivity (Wildman–Crippen MR) is 97.3 cm³/mol. The molecule has 3 heterocycles. The van der Waals surface area contributed by atoms with Crippen LogP contribution in [0.2, 0.25) is 0 Å². The number of amides is 1. The molecule has 0 aliphatic carbocycles. The first kappa shape index (κ1) is 18.4. The van der Waals surface area contributed by atoms with E-state index in [1.807, 2.05) is 17.9 Å². The lowest BCUT2D eigenvalue weighted by Gasteiger charge is -2.37. The van der Waals surface area contributed by atoms with Crippen LogP contribution in [-0.4, -0.2) is 48.5 Å². The lowest BCUT2D eigenvalue weighted by molar-refractivity contribution is -0.170. The van der Waals surface area contributed by atoms with E-state index in [9.17, 15) is 9.90 Å². The standard InChI is InChI=1S/C19H27NO4S/c1-2-23-19-15(6-5-10-21)16(14-7-11-25-13-14)12-17(24-19)18(22)20-8-3-4-9-20/h7,11-13,15-16,19,21H,2-6,8-10H2,1H3/t15-,16+,19+/m0/s1. The Morgan fingerprint density at radius 2 is 2.24 bits per heavy atom. The van der Waals surface area contributed by atoms with Crippen LogP contribution in [0.3, 0.4) is 0 Å². The molecule has 2 aliphatic heterocycles. The van der Waals surface area contributed by atoms with Gasteiger partial charge in [-0.25, -0.2) is 0 Å². The first-order chi connectivity index (χ1) is 12.2. The van der Waals surface area contributed by atoms with Crippen molar-refractivity contribution < 1.29 is 19.4 Å². The maximum Gasteiger partial charge on any atom is 0.288 e. The number of aliphatic hydroxyl groups excluding tert-OH is 1. The quantitative estimate of drug-likeness (QED) is 0.807. The Hall–Kier alpha value is -1.37. The summed E-state index contributed by atoms with van der Waals surface area (Å²) in [6.07, 6.45) is 5.13. The van der Waals surface area contributed by atoms with Gasteiger partial charge in [-0.15, -0.1) is 0 Å². The Bertz CT molecular complexity index is 580. The van der Waals surface area contributed by atoms with E-state index >= 15 is 0 Å². The number of likely N-dealkylation sites (tertiary alicyclic amines) is 1. The van der Waals surface area contributed by atoms with Crippen molar-refractivity contribution in [3.05, 3.63) is 34.2 Å². The first-order valence-electron chi connectivity index (χ1n) is 9.17. The third-order valence-corrected chi connectivity index (χ3v) is 5.65. The van der Waals surface area contributed by atoms with Crippen LogP contribution in [0.15, 0.2) is 28.7 Å². The van der Waals surface area contributed by atoms with Crippen LogP contribution in [0.4, 0.5) is 0 Å². The summed E-state index contributed by atoms with van der Waals surface area (Å²) in [5.74, 6) is 0.557. The van der Waals surface area contributed by atoms with Gasteiger partial charge >= 0.3 is 0 Å². The van der Waals surface area contributed by atoms with Gasteiger partial charge < -0.3 is 19.5 Å². The van der Waals surface area contributed by atoms with Crippen molar-refractivity contribution in [2.24, 2.45) is 5.92 Å². The Balaban J connectivity index is 1.88. The molecule has 0 saturated carbocycles. The normalized spacial score (nSPS) is 26.4. The molecule has 1 aromatic rings.